The number of nitrogens with zero attached hydrogens (tertiary/aromatic N) is 1. The molecule has 0 N–H and O–H groups in total. The molecule has 3 heterocycles. The van der Waals surface area contributed by atoms with Crippen LogP contribution in [-0.4, -0.2) is 43.1 Å². The van der Waals surface area contributed by atoms with Gasteiger partial charge in [0.2, 0.25) is 0 Å². The van der Waals surface area contributed by atoms with Gasteiger partial charge in [-0.3, -0.25) is 4.98 Å². The first-order chi connectivity index (χ1) is 10.5. The van der Waals surface area contributed by atoms with E-state index >= 15 is 0 Å². The molecule has 0 spiro atoms. The van der Waals surface area contributed by atoms with Crippen molar-refractivity contribution in [2.45, 2.75) is 58.8 Å². The van der Waals surface area contributed by atoms with Crippen molar-refractivity contribution < 1.29 is 18.8 Å². The van der Waals surface area contributed by atoms with Gasteiger partial charge in [-0.25, -0.2) is 0 Å². The van der Waals surface area contributed by atoms with Gasteiger partial charge in [0.25, 0.3) is 0 Å². The first-order valence-electron chi connectivity index (χ1n) is 8.07. The SMILES string of the molecule is CC.CC1OB(c2cncc(OC3CCOC3)c2)OC1(C)C. The highest BCUT2D eigenvalue weighted by molar-refractivity contribution is 6.61. The summed E-state index contributed by atoms with van der Waals surface area (Å²) in [5.41, 5.74) is 0.597. The van der Waals surface area contributed by atoms with Gasteiger partial charge in [-0.15, -0.1) is 0 Å². The minimum atomic E-state index is -0.379. The van der Waals surface area contributed by atoms with Crippen molar-refractivity contribution in [2.75, 3.05) is 13.2 Å². The molecule has 2 atom stereocenters. The molecule has 5 nitrogen and oxygen atoms in total. The van der Waals surface area contributed by atoms with Gasteiger partial charge in [0.05, 0.1) is 31.1 Å². The van der Waals surface area contributed by atoms with Crippen LogP contribution >= 0.6 is 0 Å². The number of hydrogen-bond donors (Lipinski definition) is 0. The third-order valence-corrected chi connectivity index (χ3v) is 3.91. The molecule has 2 fully saturated rings. The Hall–Kier alpha value is -1.11. The van der Waals surface area contributed by atoms with Crippen molar-refractivity contribution in [3.63, 3.8) is 0 Å². The Labute approximate surface area is 133 Å². The molecular formula is C16H26BNO4. The zero-order valence-electron chi connectivity index (χ0n) is 14.2. The fourth-order valence-electron chi connectivity index (χ4n) is 2.32. The van der Waals surface area contributed by atoms with E-state index < -0.39 is 0 Å². The first-order valence-corrected chi connectivity index (χ1v) is 8.07. The number of pyridine rings is 1. The molecule has 2 aliphatic rings. The monoisotopic (exact) mass is 307 g/mol. The standard InChI is InChI=1S/C14H20BNO4.C2H6/c1-10-14(2,3)20-15(19-10)11-6-13(8-16-7-11)18-12-4-5-17-9-12;1-2/h6-8,10,12H,4-5,9H2,1-3H3;1-2H3. The molecule has 0 bridgehead atoms. The average Bonchev–Trinajstić information content (AvgIpc) is 3.10. The van der Waals surface area contributed by atoms with Crippen molar-refractivity contribution in [3.8, 4) is 5.75 Å². The van der Waals surface area contributed by atoms with E-state index in [2.05, 4.69) is 4.98 Å². The minimum Gasteiger partial charge on any atom is -0.486 e. The predicted molar refractivity (Wildman–Crippen MR) is 86.5 cm³/mol. The van der Waals surface area contributed by atoms with Crippen LogP contribution in [0.3, 0.4) is 0 Å². The van der Waals surface area contributed by atoms with Crippen LogP contribution in [0, 0.1) is 0 Å². The summed E-state index contributed by atoms with van der Waals surface area (Å²) in [6.45, 7) is 11.5. The van der Waals surface area contributed by atoms with Crippen molar-refractivity contribution in [1.29, 1.82) is 0 Å². The summed E-state index contributed by atoms with van der Waals surface area (Å²) >= 11 is 0. The summed E-state index contributed by atoms with van der Waals surface area (Å²) in [5.74, 6) is 0.738. The van der Waals surface area contributed by atoms with Crippen LogP contribution in [0.2, 0.25) is 0 Å². The van der Waals surface area contributed by atoms with E-state index in [9.17, 15) is 0 Å². The summed E-state index contributed by atoms with van der Waals surface area (Å²) in [7, 11) is -0.379. The maximum absolute atomic E-state index is 5.93. The Morgan fingerprint density at radius 1 is 1.32 bits per heavy atom. The fourth-order valence-corrected chi connectivity index (χ4v) is 2.32. The largest absolute Gasteiger partial charge is 0.496 e. The Morgan fingerprint density at radius 3 is 2.68 bits per heavy atom. The molecule has 122 valence electrons. The summed E-state index contributed by atoms with van der Waals surface area (Å²) < 4.78 is 22.9. The number of rotatable bonds is 3. The van der Waals surface area contributed by atoms with Crippen LogP contribution in [0.4, 0.5) is 0 Å². The topological polar surface area (TPSA) is 49.8 Å². The van der Waals surface area contributed by atoms with Crippen LogP contribution in [0.15, 0.2) is 18.5 Å². The Balaban J connectivity index is 0.000000847. The maximum atomic E-state index is 5.93. The normalized spacial score (nSPS) is 26.5. The summed E-state index contributed by atoms with van der Waals surface area (Å²) in [5, 5.41) is 0. The lowest BCUT2D eigenvalue weighted by Gasteiger charge is -2.21. The van der Waals surface area contributed by atoms with Gasteiger partial charge < -0.3 is 18.8 Å². The molecule has 0 amide bonds. The van der Waals surface area contributed by atoms with Gasteiger partial charge in [0, 0.05) is 18.1 Å². The lowest BCUT2D eigenvalue weighted by atomic mass is 9.80. The fraction of sp³-hybridized carbons (Fsp3) is 0.688. The third-order valence-electron chi connectivity index (χ3n) is 3.91. The zero-order valence-corrected chi connectivity index (χ0v) is 14.2. The van der Waals surface area contributed by atoms with E-state index in [-0.39, 0.29) is 24.9 Å². The van der Waals surface area contributed by atoms with E-state index in [1.165, 1.54) is 0 Å². The lowest BCUT2D eigenvalue weighted by molar-refractivity contribution is 0.0842. The third kappa shape index (κ3) is 4.00. The van der Waals surface area contributed by atoms with E-state index in [0.29, 0.717) is 6.61 Å². The van der Waals surface area contributed by atoms with E-state index in [1.54, 1.807) is 12.4 Å². The molecular weight excluding hydrogens is 281 g/mol. The highest BCUT2D eigenvalue weighted by Gasteiger charge is 2.44. The van der Waals surface area contributed by atoms with Crippen LogP contribution in [0.1, 0.15) is 41.0 Å². The van der Waals surface area contributed by atoms with Crippen molar-refractivity contribution in [2.24, 2.45) is 0 Å². The molecule has 1 aromatic rings. The molecule has 0 aliphatic carbocycles. The molecule has 6 heteroatoms. The molecule has 3 rings (SSSR count). The predicted octanol–water partition coefficient (Wildman–Crippen LogP) is 2.18. The van der Waals surface area contributed by atoms with Gasteiger partial charge >= 0.3 is 7.12 Å². The van der Waals surface area contributed by atoms with Crippen LogP contribution in [-0.2, 0) is 14.0 Å². The number of aromatic nitrogens is 1. The molecule has 2 unspecified atom stereocenters. The molecule has 0 aromatic carbocycles. The second-order valence-corrected chi connectivity index (χ2v) is 5.89. The van der Waals surface area contributed by atoms with Gasteiger partial charge in [-0.1, -0.05) is 13.8 Å². The summed E-state index contributed by atoms with van der Waals surface area (Å²) in [6, 6.07) is 1.93. The first kappa shape index (κ1) is 17.3. The van der Waals surface area contributed by atoms with Gasteiger partial charge in [0.1, 0.15) is 11.9 Å². The second-order valence-electron chi connectivity index (χ2n) is 5.89. The van der Waals surface area contributed by atoms with Crippen molar-refractivity contribution in [1.82, 2.24) is 4.98 Å². The van der Waals surface area contributed by atoms with Crippen LogP contribution in [0.5, 0.6) is 5.75 Å². The lowest BCUT2D eigenvalue weighted by Crippen LogP contribution is -2.35. The molecule has 2 saturated heterocycles. The maximum Gasteiger partial charge on any atom is 0.496 e. The van der Waals surface area contributed by atoms with Crippen molar-refractivity contribution >= 4 is 12.6 Å². The average molecular weight is 307 g/mol. The minimum absolute atomic E-state index is 0.0420. The Bertz CT molecular complexity index is 477. The molecule has 0 saturated carbocycles. The van der Waals surface area contributed by atoms with Crippen LogP contribution < -0.4 is 10.2 Å². The van der Waals surface area contributed by atoms with E-state index in [1.807, 2.05) is 40.7 Å². The van der Waals surface area contributed by atoms with Crippen molar-refractivity contribution in [3.05, 3.63) is 18.5 Å². The Kier molecular flexibility index (Phi) is 5.84. The van der Waals surface area contributed by atoms with E-state index in [4.69, 9.17) is 18.8 Å². The second kappa shape index (κ2) is 7.44. The zero-order chi connectivity index (χ0) is 16.2. The molecule has 22 heavy (non-hydrogen) atoms. The Morgan fingerprint density at radius 2 is 2.09 bits per heavy atom. The molecule has 1 aromatic heterocycles. The molecule has 0 radical (unpaired) electrons. The number of hydrogen-bond acceptors (Lipinski definition) is 5. The summed E-state index contributed by atoms with van der Waals surface area (Å²) in [4.78, 5) is 4.22. The smallest absolute Gasteiger partial charge is 0.486 e. The van der Waals surface area contributed by atoms with Gasteiger partial charge in [0.15, 0.2) is 0 Å². The van der Waals surface area contributed by atoms with Crippen LogP contribution in [0.25, 0.3) is 0 Å². The molecule has 2 aliphatic heterocycles. The summed E-state index contributed by atoms with van der Waals surface area (Å²) in [6.07, 6.45) is 4.56. The highest BCUT2D eigenvalue weighted by atomic mass is 16.7. The van der Waals surface area contributed by atoms with Gasteiger partial charge in [-0.05, 0) is 26.8 Å². The van der Waals surface area contributed by atoms with E-state index in [0.717, 1.165) is 24.2 Å². The van der Waals surface area contributed by atoms with Gasteiger partial charge in [-0.2, -0.15) is 0 Å². The highest BCUT2D eigenvalue weighted by Crippen LogP contribution is 2.27. The quantitative estimate of drug-likeness (QED) is 0.801. The number of ether oxygens (including phenoxy) is 2.